The zero-order chi connectivity index (χ0) is 10.7. The lowest BCUT2D eigenvalue weighted by atomic mass is 10.0. The second-order valence-electron chi connectivity index (χ2n) is 3.60. The van der Waals surface area contributed by atoms with Crippen LogP contribution in [0.4, 0.5) is 0 Å². The fraction of sp³-hybridized carbons (Fsp3) is 0.455. The molecule has 2 rings (SSSR count). The number of piperazine rings is 1. The molecule has 0 aromatic heterocycles. The Morgan fingerprint density at radius 3 is 2.93 bits per heavy atom. The molecule has 0 amide bonds. The molecule has 0 unspecified atom stereocenters. The van der Waals surface area contributed by atoms with Gasteiger partial charge in [0, 0.05) is 36.3 Å². The SMILES string of the molecule is COc1ccc(Cl)cc1[C@H]1CNCCN1. The second-order valence-corrected chi connectivity index (χ2v) is 4.03. The lowest BCUT2D eigenvalue weighted by Crippen LogP contribution is -2.42. The van der Waals surface area contributed by atoms with Crippen molar-refractivity contribution in [3.05, 3.63) is 28.8 Å². The number of benzene rings is 1. The van der Waals surface area contributed by atoms with E-state index in [1.165, 1.54) is 0 Å². The van der Waals surface area contributed by atoms with Crippen molar-refractivity contribution in [2.24, 2.45) is 0 Å². The summed E-state index contributed by atoms with van der Waals surface area (Å²) in [5, 5.41) is 7.53. The molecule has 1 aromatic carbocycles. The first-order chi connectivity index (χ1) is 7.31. The van der Waals surface area contributed by atoms with Crippen LogP contribution in [0.15, 0.2) is 18.2 Å². The molecule has 0 spiro atoms. The smallest absolute Gasteiger partial charge is 0.123 e. The first-order valence-electron chi connectivity index (χ1n) is 5.09. The van der Waals surface area contributed by atoms with E-state index in [1.807, 2.05) is 18.2 Å². The monoisotopic (exact) mass is 226 g/mol. The molecule has 1 saturated heterocycles. The summed E-state index contributed by atoms with van der Waals surface area (Å²) in [5.74, 6) is 0.889. The van der Waals surface area contributed by atoms with Crippen molar-refractivity contribution in [2.75, 3.05) is 26.7 Å². The summed E-state index contributed by atoms with van der Waals surface area (Å²) in [7, 11) is 1.68. The van der Waals surface area contributed by atoms with Crippen molar-refractivity contribution in [3.8, 4) is 5.75 Å². The van der Waals surface area contributed by atoms with Gasteiger partial charge >= 0.3 is 0 Å². The van der Waals surface area contributed by atoms with Gasteiger partial charge in [-0.15, -0.1) is 0 Å². The standard InChI is InChI=1S/C11H15ClN2O/c1-15-11-3-2-8(12)6-9(11)10-7-13-4-5-14-10/h2-3,6,10,13-14H,4-5,7H2,1H3/t10-/m1/s1. The zero-order valence-electron chi connectivity index (χ0n) is 8.72. The van der Waals surface area contributed by atoms with Gasteiger partial charge in [0.2, 0.25) is 0 Å². The summed E-state index contributed by atoms with van der Waals surface area (Å²) in [4.78, 5) is 0. The van der Waals surface area contributed by atoms with Crippen LogP contribution in [0.25, 0.3) is 0 Å². The summed E-state index contributed by atoms with van der Waals surface area (Å²) in [6.07, 6.45) is 0. The molecule has 1 heterocycles. The minimum absolute atomic E-state index is 0.285. The van der Waals surface area contributed by atoms with Gasteiger partial charge in [0.25, 0.3) is 0 Å². The fourth-order valence-electron chi connectivity index (χ4n) is 1.85. The van der Waals surface area contributed by atoms with Gasteiger partial charge < -0.3 is 15.4 Å². The molecule has 0 aliphatic carbocycles. The number of ether oxygens (including phenoxy) is 1. The van der Waals surface area contributed by atoms with E-state index in [4.69, 9.17) is 16.3 Å². The maximum Gasteiger partial charge on any atom is 0.123 e. The van der Waals surface area contributed by atoms with Crippen LogP contribution in [0.2, 0.25) is 5.02 Å². The molecule has 0 radical (unpaired) electrons. The Balaban J connectivity index is 2.27. The number of rotatable bonds is 2. The summed E-state index contributed by atoms with van der Waals surface area (Å²) in [6, 6.07) is 6.01. The van der Waals surface area contributed by atoms with Gasteiger partial charge in [-0.2, -0.15) is 0 Å². The van der Waals surface area contributed by atoms with Gasteiger partial charge in [-0.05, 0) is 18.2 Å². The van der Waals surface area contributed by atoms with Crippen molar-refractivity contribution in [1.82, 2.24) is 10.6 Å². The second kappa shape index (κ2) is 4.84. The summed E-state index contributed by atoms with van der Waals surface area (Å²) in [6.45, 7) is 2.90. The van der Waals surface area contributed by atoms with Gasteiger partial charge in [0.1, 0.15) is 5.75 Å². The Morgan fingerprint density at radius 2 is 2.27 bits per heavy atom. The van der Waals surface area contributed by atoms with Crippen LogP contribution < -0.4 is 15.4 Å². The lowest BCUT2D eigenvalue weighted by Gasteiger charge is -2.26. The Hall–Kier alpha value is -0.770. The highest BCUT2D eigenvalue weighted by Crippen LogP contribution is 2.28. The van der Waals surface area contributed by atoms with Crippen LogP contribution in [-0.4, -0.2) is 26.7 Å². The predicted molar refractivity (Wildman–Crippen MR) is 61.6 cm³/mol. The average Bonchev–Trinajstić information content (AvgIpc) is 2.30. The van der Waals surface area contributed by atoms with Gasteiger partial charge in [-0.1, -0.05) is 11.6 Å². The van der Waals surface area contributed by atoms with Crippen LogP contribution in [-0.2, 0) is 0 Å². The largest absolute Gasteiger partial charge is 0.496 e. The van der Waals surface area contributed by atoms with Gasteiger partial charge in [-0.3, -0.25) is 0 Å². The number of hydrogen-bond acceptors (Lipinski definition) is 3. The molecule has 0 bridgehead atoms. The molecule has 4 heteroatoms. The van der Waals surface area contributed by atoms with E-state index in [9.17, 15) is 0 Å². The van der Waals surface area contributed by atoms with Crippen molar-refractivity contribution in [1.29, 1.82) is 0 Å². The Labute approximate surface area is 94.8 Å². The van der Waals surface area contributed by atoms with Crippen LogP contribution in [0, 0.1) is 0 Å². The molecule has 15 heavy (non-hydrogen) atoms. The van der Waals surface area contributed by atoms with Gasteiger partial charge in [0.15, 0.2) is 0 Å². The van der Waals surface area contributed by atoms with Crippen LogP contribution in [0.5, 0.6) is 5.75 Å². The highest BCUT2D eigenvalue weighted by atomic mass is 35.5. The molecule has 1 fully saturated rings. The van der Waals surface area contributed by atoms with E-state index in [0.717, 1.165) is 36.0 Å². The number of methoxy groups -OCH3 is 1. The minimum Gasteiger partial charge on any atom is -0.496 e. The number of hydrogen-bond donors (Lipinski definition) is 2. The molecule has 1 aliphatic heterocycles. The van der Waals surface area contributed by atoms with Crippen molar-refractivity contribution < 1.29 is 4.74 Å². The summed E-state index contributed by atoms with van der Waals surface area (Å²) < 4.78 is 5.33. The maximum atomic E-state index is 5.99. The highest BCUT2D eigenvalue weighted by Gasteiger charge is 2.18. The lowest BCUT2D eigenvalue weighted by molar-refractivity contribution is 0.382. The summed E-state index contributed by atoms with van der Waals surface area (Å²) in [5.41, 5.74) is 1.12. The van der Waals surface area contributed by atoms with Crippen LogP contribution in [0.3, 0.4) is 0 Å². The van der Waals surface area contributed by atoms with Crippen LogP contribution >= 0.6 is 11.6 Å². The third-order valence-corrected chi connectivity index (χ3v) is 2.84. The number of halogens is 1. The quantitative estimate of drug-likeness (QED) is 0.804. The Bertz CT molecular complexity index is 337. The third kappa shape index (κ3) is 2.43. The molecule has 0 saturated carbocycles. The van der Waals surface area contributed by atoms with E-state index in [0.29, 0.717) is 0 Å². The van der Waals surface area contributed by atoms with Crippen LogP contribution in [0.1, 0.15) is 11.6 Å². The molecule has 1 atom stereocenters. The molecule has 3 nitrogen and oxygen atoms in total. The van der Waals surface area contributed by atoms with Gasteiger partial charge in [0.05, 0.1) is 7.11 Å². The highest BCUT2D eigenvalue weighted by molar-refractivity contribution is 6.30. The molecule has 82 valence electrons. The van der Waals surface area contributed by atoms with E-state index in [2.05, 4.69) is 10.6 Å². The first-order valence-corrected chi connectivity index (χ1v) is 5.46. The fourth-order valence-corrected chi connectivity index (χ4v) is 2.03. The first kappa shape index (κ1) is 10.7. The molecule has 1 aliphatic rings. The molecule has 2 N–H and O–H groups in total. The van der Waals surface area contributed by atoms with E-state index in [-0.39, 0.29) is 6.04 Å². The topological polar surface area (TPSA) is 33.3 Å². The van der Waals surface area contributed by atoms with E-state index < -0.39 is 0 Å². The predicted octanol–water partition coefficient (Wildman–Crippen LogP) is 1.58. The van der Waals surface area contributed by atoms with Crippen molar-refractivity contribution >= 4 is 11.6 Å². The van der Waals surface area contributed by atoms with Gasteiger partial charge in [-0.25, -0.2) is 0 Å². The summed E-state index contributed by atoms with van der Waals surface area (Å²) >= 11 is 5.99. The molecular weight excluding hydrogens is 212 g/mol. The zero-order valence-corrected chi connectivity index (χ0v) is 9.47. The third-order valence-electron chi connectivity index (χ3n) is 2.61. The minimum atomic E-state index is 0.285. The Kier molecular flexibility index (Phi) is 3.46. The average molecular weight is 227 g/mol. The maximum absolute atomic E-state index is 5.99. The molecule has 1 aromatic rings. The van der Waals surface area contributed by atoms with Crippen molar-refractivity contribution in [3.63, 3.8) is 0 Å². The molecular formula is C11H15ClN2O. The normalized spacial score (nSPS) is 21.3. The van der Waals surface area contributed by atoms with E-state index >= 15 is 0 Å². The Morgan fingerprint density at radius 1 is 1.40 bits per heavy atom. The number of nitrogens with one attached hydrogen (secondary N) is 2. The van der Waals surface area contributed by atoms with Crippen molar-refractivity contribution in [2.45, 2.75) is 6.04 Å². The van der Waals surface area contributed by atoms with E-state index in [1.54, 1.807) is 7.11 Å².